The van der Waals surface area contributed by atoms with Crippen LogP contribution in [-0.2, 0) is 0 Å². The molecule has 0 spiro atoms. The largest absolute Gasteiger partial charge is 0.338 e. The van der Waals surface area contributed by atoms with E-state index in [-0.39, 0.29) is 5.91 Å². The van der Waals surface area contributed by atoms with Crippen molar-refractivity contribution < 1.29 is 4.79 Å². The molecule has 0 unspecified atom stereocenters. The van der Waals surface area contributed by atoms with E-state index in [1.165, 1.54) is 0 Å². The first kappa shape index (κ1) is 19.4. The number of carbonyl (C=O) groups is 1. The number of hydrogen-bond donors (Lipinski definition) is 2. The number of aryl methyl sites for hydroxylation is 1. The summed E-state index contributed by atoms with van der Waals surface area (Å²) in [6, 6.07) is 20.4. The van der Waals surface area contributed by atoms with Crippen molar-refractivity contribution in [2.24, 2.45) is 0 Å². The monoisotopic (exact) mass is 421 g/mol. The van der Waals surface area contributed by atoms with Gasteiger partial charge in [0.05, 0.1) is 5.56 Å². The Morgan fingerprint density at radius 1 is 0.906 bits per heavy atom. The van der Waals surface area contributed by atoms with Crippen LogP contribution in [0, 0.1) is 6.92 Å². The van der Waals surface area contributed by atoms with Crippen LogP contribution in [0.5, 0.6) is 0 Å². The Balaban J connectivity index is 1.59. The average Bonchev–Trinajstić information content (AvgIpc) is 3.25. The second-order valence-electron chi connectivity index (χ2n) is 7.19. The van der Waals surface area contributed by atoms with Gasteiger partial charge in [0.25, 0.3) is 5.91 Å². The number of amides is 1. The van der Waals surface area contributed by atoms with Crippen molar-refractivity contribution in [1.29, 1.82) is 0 Å². The van der Waals surface area contributed by atoms with Gasteiger partial charge in [0.2, 0.25) is 5.82 Å². The normalized spacial score (nSPS) is 10.8. The van der Waals surface area contributed by atoms with Crippen LogP contribution in [0.1, 0.15) is 16.1 Å². The van der Waals surface area contributed by atoms with E-state index in [2.05, 4.69) is 25.7 Å². The number of hydrogen-bond acceptors (Lipinski definition) is 6. The van der Waals surface area contributed by atoms with Gasteiger partial charge in [-0.05, 0) is 49.4 Å². The fourth-order valence-electron chi connectivity index (χ4n) is 3.29. The van der Waals surface area contributed by atoms with Gasteiger partial charge in [-0.3, -0.25) is 9.78 Å². The minimum absolute atomic E-state index is 0.230. The Bertz CT molecular complexity index is 1400. The molecule has 0 aliphatic carbocycles. The Morgan fingerprint density at radius 2 is 1.72 bits per heavy atom. The Morgan fingerprint density at radius 3 is 2.50 bits per heavy atom. The molecule has 0 fully saturated rings. The third-order valence-electron chi connectivity index (χ3n) is 4.82. The maximum absolute atomic E-state index is 12.8. The molecule has 5 rings (SSSR count). The lowest BCUT2D eigenvalue weighted by molar-refractivity contribution is 0.102. The molecular formula is C24H19N7O. The van der Waals surface area contributed by atoms with Crippen LogP contribution in [0.3, 0.4) is 0 Å². The maximum Gasteiger partial charge on any atom is 0.257 e. The number of nitrogens with zero attached hydrogens (tertiary/aromatic N) is 5. The SMILES string of the molecule is Cc1cccc(-c2nc(Nc3ccncc3)c3cc(C(=O)Nc4ccccc4)cn3n2)n1. The molecule has 8 nitrogen and oxygen atoms in total. The summed E-state index contributed by atoms with van der Waals surface area (Å²) in [7, 11) is 0. The van der Waals surface area contributed by atoms with Crippen molar-refractivity contribution in [2.75, 3.05) is 10.6 Å². The number of aromatic nitrogens is 5. The quantitative estimate of drug-likeness (QED) is 0.434. The zero-order chi connectivity index (χ0) is 21.9. The second kappa shape index (κ2) is 8.27. The van der Waals surface area contributed by atoms with Crippen molar-refractivity contribution in [3.8, 4) is 11.5 Å². The van der Waals surface area contributed by atoms with Crippen molar-refractivity contribution in [2.45, 2.75) is 6.92 Å². The van der Waals surface area contributed by atoms with E-state index < -0.39 is 0 Å². The first-order valence-electron chi connectivity index (χ1n) is 10.0. The summed E-state index contributed by atoms with van der Waals surface area (Å²) in [5.41, 5.74) is 4.18. The third kappa shape index (κ3) is 4.01. The summed E-state index contributed by atoms with van der Waals surface area (Å²) in [5.74, 6) is 0.776. The molecule has 0 atom stereocenters. The minimum atomic E-state index is -0.230. The van der Waals surface area contributed by atoms with Crippen molar-refractivity contribution in [3.05, 3.63) is 96.6 Å². The molecule has 0 radical (unpaired) electrons. The highest BCUT2D eigenvalue weighted by atomic mass is 16.1. The summed E-state index contributed by atoms with van der Waals surface area (Å²) in [6.45, 7) is 1.92. The van der Waals surface area contributed by atoms with Gasteiger partial charge in [-0.2, -0.15) is 0 Å². The molecule has 32 heavy (non-hydrogen) atoms. The maximum atomic E-state index is 12.8. The molecule has 8 heteroatoms. The number of para-hydroxylation sites is 1. The minimum Gasteiger partial charge on any atom is -0.338 e. The summed E-state index contributed by atoms with van der Waals surface area (Å²) in [4.78, 5) is 26.1. The highest BCUT2D eigenvalue weighted by Crippen LogP contribution is 2.25. The van der Waals surface area contributed by atoms with Gasteiger partial charge in [0, 0.05) is 35.7 Å². The molecular weight excluding hydrogens is 402 g/mol. The number of carbonyl (C=O) groups excluding carboxylic acids is 1. The van der Waals surface area contributed by atoms with E-state index in [4.69, 9.17) is 4.98 Å². The highest BCUT2D eigenvalue weighted by Gasteiger charge is 2.16. The lowest BCUT2D eigenvalue weighted by Crippen LogP contribution is -2.10. The van der Waals surface area contributed by atoms with Crippen LogP contribution in [0.15, 0.2) is 85.3 Å². The van der Waals surface area contributed by atoms with Gasteiger partial charge >= 0.3 is 0 Å². The van der Waals surface area contributed by atoms with Crippen LogP contribution in [0.25, 0.3) is 17.0 Å². The van der Waals surface area contributed by atoms with Crippen LogP contribution in [-0.4, -0.2) is 30.5 Å². The number of anilines is 3. The summed E-state index contributed by atoms with van der Waals surface area (Å²) < 4.78 is 1.65. The second-order valence-corrected chi connectivity index (χ2v) is 7.19. The van der Waals surface area contributed by atoms with E-state index in [0.717, 1.165) is 17.1 Å². The number of fused-ring (bicyclic) bond motifs is 1. The van der Waals surface area contributed by atoms with E-state index in [0.29, 0.717) is 28.4 Å². The summed E-state index contributed by atoms with van der Waals surface area (Å²) in [6.07, 6.45) is 5.08. The first-order valence-corrected chi connectivity index (χ1v) is 10.0. The number of pyridine rings is 2. The topological polar surface area (TPSA) is 97.1 Å². The molecule has 1 amide bonds. The standard InChI is InChI=1S/C24H19N7O/c1-16-6-5-9-20(26-16)22-29-23(27-19-10-12-25-13-11-19)21-14-17(15-31(21)30-22)24(32)28-18-7-3-2-4-8-18/h2-15H,1H3,(H,28,32)(H,25,27,29,30). The predicted molar refractivity (Wildman–Crippen MR) is 123 cm³/mol. The van der Waals surface area contributed by atoms with Crippen molar-refractivity contribution >= 4 is 28.6 Å². The van der Waals surface area contributed by atoms with Gasteiger partial charge in [-0.15, -0.1) is 5.10 Å². The Kier molecular flexibility index (Phi) is 5.01. The molecule has 0 saturated carbocycles. The Hall–Kier alpha value is -4.59. The number of nitrogens with one attached hydrogen (secondary N) is 2. The molecule has 2 N–H and O–H groups in total. The fraction of sp³-hybridized carbons (Fsp3) is 0.0417. The molecule has 156 valence electrons. The van der Waals surface area contributed by atoms with Crippen LogP contribution < -0.4 is 10.6 Å². The predicted octanol–water partition coefficient (Wildman–Crippen LogP) is 4.49. The van der Waals surface area contributed by atoms with Gasteiger partial charge in [0.15, 0.2) is 5.82 Å². The highest BCUT2D eigenvalue weighted by molar-refractivity contribution is 6.05. The molecule has 4 heterocycles. The van der Waals surface area contributed by atoms with Gasteiger partial charge in [0.1, 0.15) is 11.2 Å². The van der Waals surface area contributed by atoms with Crippen LogP contribution in [0.2, 0.25) is 0 Å². The fourth-order valence-corrected chi connectivity index (χ4v) is 3.29. The molecule has 0 bridgehead atoms. The Labute approximate surface area is 184 Å². The number of benzene rings is 1. The zero-order valence-corrected chi connectivity index (χ0v) is 17.2. The van der Waals surface area contributed by atoms with Crippen LogP contribution >= 0.6 is 0 Å². The lowest BCUT2D eigenvalue weighted by Gasteiger charge is -2.09. The van der Waals surface area contributed by atoms with Crippen molar-refractivity contribution in [3.63, 3.8) is 0 Å². The van der Waals surface area contributed by atoms with Gasteiger partial charge < -0.3 is 10.6 Å². The molecule has 4 aromatic heterocycles. The van der Waals surface area contributed by atoms with E-state index in [1.807, 2.05) is 67.6 Å². The third-order valence-corrected chi connectivity index (χ3v) is 4.82. The molecule has 0 aliphatic rings. The van der Waals surface area contributed by atoms with E-state index in [1.54, 1.807) is 29.2 Å². The smallest absolute Gasteiger partial charge is 0.257 e. The molecule has 0 saturated heterocycles. The average molecular weight is 421 g/mol. The van der Waals surface area contributed by atoms with Crippen LogP contribution in [0.4, 0.5) is 17.2 Å². The number of rotatable bonds is 5. The van der Waals surface area contributed by atoms with E-state index in [9.17, 15) is 4.79 Å². The lowest BCUT2D eigenvalue weighted by atomic mass is 10.2. The van der Waals surface area contributed by atoms with Gasteiger partial charge in [-0.1, -0.05) is 24.3 Å². The first-order chi connectivity index (χ1) is 15.7. The zero-order valence-electron chi connectivity index (χ0n) is 17.2. The van der Waals surface area contributed by atoms with Gasteiger partial charge in [-0.25, -0.2) is 14.5 Å². The molecule has 1 aromatic carbocycles. The molecule has 0 aliphatic heterocycles. The summed E-state index contributed by atoms with van der Waals surface area (Å²) in [5, 5.41) is 10.8. The van der Waals surface area contributed by atoms with E-state index >= 15 is 0 Å². The molecule has 5 aromatic rings. The summed E-state index contributed by atoms with van der Waals surface area (Å²) >= 11 is 0. The van der Waals surface area contributed by atoms with Crippen molar-refractivity contribution in [1.82, 2.24) is 24.6 Å².